The number of aliphatic imine (C=N–C) groups is 2. The third kappa shape index (κ3) is 4.64. The van der Waals surface area contributed by atoms with Crippen LogP contribution in [0.2, 0.25) is 0 Å². The second kappa shape index (κ2) is 10.5. The highest BCUT2D eigenvalue weighted by Gasteiger charge is 2.25. The molecule has 0 fully saturated rings. The zero-order valence-electron chi connectivity index (χ0n) is 25.8. The molecule has 0 saturated carbocycles. The first kappa shape index (κ1) is 26.9. The lowest BCUT2D eigenvalue weighted by atomic mass is 9.96. The quantitative estimate of drug-likeness (QED) is 0.220. The molecule has 1 N–H and O–H groups in total. The molecule has 45 heavy (non-hydrogen) atoms. The van der Waals surface area contributed by atoms with Gasteiger partial charge in [-0.2, -0.15) is 0 Å². The van der Waals surface area contributed by atoms with E-state index in [0.717, 1.165) is 61.6 Å². The van der Waals surface area contributed by atoms with Gasteiger partial charge in [0, 0.05) is 67.0 Å². The van der Waals surface area contributed by atoms with Gasteiger partial charge in [0.1, 0.15) is 5.82 Å². The van der Waals surface area contributed by atoms with Gasteiger partial charge in [-0.15, -0.1) is 0 Å². The Kier molecular flexibility index (Phi) is 6.27. The number of hydrogen-bond acceptors (Lipinski definition) is 3. The summed E-state index contributed by atoms with van der Waals surface area (Å²) in [6.07, 6.45) is 0. The molecule has 2 heterocycles. The summed E-state index contributed by atoms with van der Waals surface area (Å²) >= 11 is 0. The van der Waals surface area contributed by atoms with Crippen molar-refractivity contribution in [2.24, 2.45) is 9.98 Å². The minimum Gasteiger partial charge on any atom is -0.378 e. The van der Waals surface area contributed by atoms with Crippen LogP contribution in [0, 0.1) is 0 Å². The Labute approximate surface area is 262 Å². The standard InChI is InChI=1S/C40H33N5/c1-44(2)31-17-13-25(14-18-31)37-33-21-27-9-5-7-11-29(27)23-35(33)39(41-37)43-40-36-24-30-12-8-6-10-28(30)22-34(36)38(42-40)26-15-19-32(20-16-26)45(3)4/h5-24,41H,1-4H3/b43-40-. The number of hydrogen-bond donors (Lipinski definition) is 1. The number of nitrogens with one attached hydrogen (secondary N) is 1. The first-order chi connectivity index (χ1) is 21.9. The second-order valence-corrected chi connectivity index (χ2v) is 12.1. The molecule has 0 aliphatic carbocycles. The number of H-pyrrole nitrogens is 1. The Balaban J connectivity index is 1.35. The van der Waals surface area contributed by atoms with Gasteiger partial charge in [-0.3, -0.25) is 0 Å². The number of fused-ring (bicyclic) bond motifs is 4. The molecule has 5 heteroatoms. The van der Waals surface area contributed by atoms with Gasteiger partial charge >= 0.3 is 0 Å². The molecule has 218 valence electrons. The average Bonchev–Trinajstić information content (AvgIpc) is 3.60. The van der Waals surface area contributed by atoms with Crippen molar-refractivity contribution < 1.29 is 0 Å². The first-order valence-electron chi connectivity index (χ1n) is 15.2. The van der Waals surface area contributed by atoms with Crippen molar-refractivity contribution >= 4 is 61.1 Å². The molecule has 7 aromatic rings. The molecule has 0 spiro atoms. The summed E-state index contributed by atoms with van der Waals surface area (Å²) in [7, 11) is 8.24. The monoisotopic (exact) mass is 583 g/mol. The molecule has 0 unspecified atom stereocenters. The Hall–Kier alpha value is -5.68. The lowest BCUT2D eigenvalue weighted by Gasteiger charge is -2.13. The summed E-state index contributed by atoms with van der Waals surface area (Å²) in [5.41, 5.74) is 8.66. The Morgan fingerprint density at radius 3 is 1.58 bits per heavy atom. The summed E-state index contributed by atoms with van der Waals surface area (Å²) < 4.78 is 0. The molecular formula is C40H33N5. The van der Waals surface area contributed by atoms with Crippen LogP contribution in [0.25, 0.3) is 43.6 Å². The van der Waals surface area contributed by atoms with E-state index in [1.807, 2.05) is 0 Å². The van der Waals surface area contributed by atoms with Crippen molar-refractivity contribution in [1.82, 2.24) is 4.98 Å². The highest BCUT2D eigenvalue weighted by molar-refractivity contribution is 6.30. The lowest BCUT2D eigenvalue weighted by Crippen LogP contribution is -2.09. The molecule has 0 saturated heterocycles. The van der Waals surface area contributed by atoms with Gasteiger partial charge in [0.05, 0.1) is 11.4 Å². The topological polar surface area (TPSA) is 47.0 Å². The Morgan fingerprint density at radius 1 is 0.533 bits per heavy atom. The number of anilines is 2. The zero-order chi connectivity index (χ0) is 30.7. The maximum atomic E-state index is 5.31. The fourth-order valence-corrected chi connectivity index (χ4v) is 6.31. The average molecular weight is 584 g/mol. The van der Waals surface area contributed by atoms with Crippen LogP contribution in [-0.4, -0.2) is 44.7 Å². The highest BCUT2D eigenvalue weighted by Crippen LogP contribution is 2.39. The third-order valence-corrected chi connectivity index (χ3v) is 8.80. The van der Waals surface area contributed by atoms with E-state index in [4.69, 9.17) is 9.98 Å². The number of aromatic nitrogens is 1. The van der Waals surface area contributed by atoms with Gasteiger partial charge in [0.2, 0.25) is 0 Å². The summed E-state index contributed by atoms with van der Waals surface area (Å²) in [6, 6.07) is 43.3. The predicted octanol–water partition coefficient (Wildman–Crippen LogP) is 9.20. The fourth-order valence-electron chi connectivity index (χ4n) is 6.31. The number of rotatable bonds is 5. The van der Waals surface area contributed by atoms with Gasteiger partial charge in [-0.05, 0) is 75.6 Å². The SMILES string of the molecule is CN(C)c1ccc(C2=N/C(=N\c3[nH]c(-c4ccc(N(C)C)cc4)c4cc5ccccc5cc34)c3cc4ccccc4cc32)cc1. The van der Waals surface area contributed by atoms with Crippen LogP contribution in [0.3, 0.4) is 0 Å². The molecule has 1 aliphatic heterocycles. The van der Waals surface area contributed by atoms with Crippen molar-refractivity contribution in [1.29, 1.82) is 0 Å². The van der Waals surface area contributed by atoms with Gasteiger partial charge < -0.3 is 14.8 Å². The highest BCUT2D eigenvalue weighted by atomic mass is 15.1. The molecule has 0 amide bonds. The van der Waals surface area contributed by atoms with Crippen LogP contribution in [0.1, 0.15) is 16.7 Å². The number of aromatic amines is 1. The lowest BCUT2D eigenvalue weighted by molar-refractivity contribution is 1.13. The van der Waals surface area contributed by atoms with E-state index in [-0.39, 0.29) is 0 Å². The van der Waals surface area contributed by atoms with Crippen LogP contribution in [0.4, 0.5) is 17.2 Å². The van der Waals surface area contributed by atoms with E-state index >= 15 is 0 Å². The molecule has 6 aromatic carbocycles. The van der Waals surface area contributed by atoms with Gasteiger partial charge in [0.25, 0.3) is 0 Å². The summed E-state index contributed by atoms with van der Waals surface area (Å²) in [5.74, 6) is 1.53. The van der Waals surface area contributed by atoms with E-state index in [2.05, 4.69) is 164 Å². The van der Waals surface area contributed by atoms with Crippen molar-refractivity contribution in [3.05, 3.63) is 138 Å². The van der Waals surface area contributed by atoms with Crippen LogP contribution in [-0.2, 0) is 0 Å². The summed E-state index contributed by atoms with van der Waals surface area (Å²) in [5, 5.41) is 6.97. The molecule has 0 bridgehead atoms. The normalized spacial score (nSPS) is 13.5. The van der Waals surface area contributed by atoms with Crippen LogP contribution in [0.5, 0.6) is 0 Å². The number of benzene rings is 6. The molecule has 1 aromatic heterocycles. The third-order valence-electron chi connectivity index (χ3n) is 8.80. The van der Waals surface area contributed by atoms with E-state index in [9.17, 15) is 0 Å². The van der Waals surface area contributed by atoms with E-state index in [1.165, 1.54) is 21.5 Å². The molecule has 1 aliphatic rings. The van der Waals surface area contributed by atoms with Crippen molar-refractivity contribution in [2.75, 3.05) is 38.0 Å². The predicted molar refractivity (Wildman–Crippen MR) is 192 cm³/mol. The van der Waals surface area contributed by atoms with Crippen LogP contribution < -0.4 is 9.80 Å². The Bertz CT molecular complexity index is 2300. The molecule has 5 nitrogen and oxygen atoms in total. The molecule has 8 rings (SSSR count). The zero-order valence-corrected chi connectivity index (χ0v) is 25.8. The van der Waals surface area contributed by atoms with Gasteiger partial charge in [-0.25, -0.2) is 9.98 Å². The number of nitrogens with zero attached hydrogens (tertiary/aromatic N) is 4. The smallest absolute Gasteiger partial charge is 0.162 e. The first-order valence-corrected chi connectivity index (χ1v) is 15.2. The van der Waals surface area contributed by atoms with Crippen LogP contribution >= 0.6 is 0 Å². The minimum absolute atomic E-state index is 0.716. The van der Waals surface area contributed by atoms with Crippen molar-refractivity contribution in [3.63, 3.8) is 0 Å². The molecule has 0 atom stereocenters. The maximum absolute atomic E-state index is 5.31. The fraction of sp³-hybridized carbons (Fsp3) is 0.100. The van der Waals surface area contributed by atoms with Crippen LogP contribution in [0.15, 0.2) is 131 Å². The largest absolute Gasteiger partial charge is 0.378 e. The Morgan fingerprint density at radius 2 is 1.02 bits per heavy atom. The maximum Gasteiger partial charge on any atom is 0.162 e. The molecular weight excluding hydrogens is 550 g/mol. The van der Waals surface area contributed by atoms with Gasteiger partial charge in [-0.1, -0.05) is 72.8 Å². The van der Waals surface area contributed by atoms with E-state index in [0.29, 0.717) is 5.84 Å². The van der Waals surface area contributed by atoms with E-state index in [1.54, 1.807) is 0 Å². The van der Waals surface area contributed by atoms with Gasteiger partial charge in [0.15, 0.2) is 5.84 Å². The summed E-state index contributed by atoms with van der Waals surface area (Å²) in [4.78, 5) is 18.5. The van der Waals surface area contributed by atoms with Crippen molar-refractivity contribution in [2.45, 2.75) is 0 Å². The number of amidine groups is 1. The van der Waals surface area contributed by atoms with Crippen molar-refractivity contribution in [3.8, 4) is 11.3 Å². The minimum atomic E-state index is 0.716. The van der Waals surface area contributed by atoms with E-state index < -0.39 is 0 Å². The molecule has 0 radical (unpaired) electrons. The second-order valence-electron chi connectivity index (χ2n) is 12.1. The summed E-state index contributed by atoms with van der Waals surface area (Å²) in [6.45, 7) is 0.